The number of guanidine groups is 1. The van der Waals surface area contributed by atoms with Crippen LogP contribution in [-0.4, -0.2) is 40.4 Å². The lowest BCUT2D eigenvalue weighted by Gasteiger charge is -2.14. The van der Waals surface area contributed by atoms with Gasteiger partial charge in [-0.1, -0.05) is 6.08 Å². The topological polar surface area (TPSA) is 64.1 Å². The highest BCUT2D eigenvalue weighted by Crippen LogP contribution is 2.38. The zero-order chi connectivity index (χ0) is 16.4. The van der Waals surface area contributed by atoms with E-state index in [1.807, 2.05) is 19.1 Å². The summed E-state index contributed by atoms with van der Waals surface area (Å²) < 4.78 is 16.0. The van der Waals surface area contributed by atoms with Crippen molar-refractivity contribution < 1.29 is 14.2 Å². The average molecular weight is 435 g/mol. The number of ether oxygens (including phenoxy) is 3. The smallest absolute Gasteiger partial charge is 0.203 e. The summed E-state index contributed by atoms with van der Waals surface area (Å²) in [6.45, 7) is 7.63. The Morgan fingerprint density at radius 2 is 1.74 bits per heavy atom. The Kier molecular flexibility index (Phi) is 11.0. The van der Waals surface area contributed by atoms with Crippen molar-refractivity contribution in [2.24, 2.45) is 4.99 Å². The number of benzene rings is 1. The standard InChI is InChI=1S/C16H25N3O3.HI/c1-6-8-18-16(17-7-2)19-11-12-9-13(20-3)15(22-5)14(10-12)21-4;/h6,9-10H,1,7-8,11H2,2-5H3,(H2,17,18,19);1H. The van der Waals surface area contributed by atoms with E-state index in [9.17, 15) is 0 Å². The van der Waals surface area contributed by atoms with E-state index in [4.69, 9.17) is 14.2 Å². The minimum Gasteiger partial charge on any atom is -0.493 e. The maximum Gasteiger partial charge on any atom is 0.203 e. The first kappa shape index (κ1) is 21.4. The fourth-order valence-corrected chi connectivity index (χ4v) is 1.91. The molecule has 0 aromatic heterocycles. The molecule has 130 valence electrons. The zero-order valence-electron chi connectivity index (χ0n) is 14.1. The fraction of sp³-hybridized carbons (Fsp3) is 0.438. The number of hydrogen-bond donors (Lipinski definition) is 2. The summed E-state index contributed by atoms with van der Waals surface area (Å²) in [6, 6.07) is 3.78. The van der Waals surface area contributed by atoms with Gasteiger partial charge >= 0.3 is 0 Å². The van der Waals surface area contributed by atoms with Gasteiger partial charge in [-0.2, -0.15) is 0 Å². The molecule has 7 heteroatoms. The average Bonchev–Trinajstić information content (AvgIpc) is 2.56. The van der Waals surface area contributed by atoms with E-state index in [2.05, 4.69) is 22.2 Å². The normalized spacial score (nSPS) is 10.3. The highest BCUT2D eigenvalue weighted by molar-refractivity contribution is 14.0. The maximum atomic E-state index is 5.34. The van der Waals surface area contributed by atoms with Crippen LogP contribution in [0, 0.1) is 0 Å². The molecule has 1 aromatic carbocycles. The summed E-state index contributed by atoms with van der Waals surface area (Å²) in [7, 11) is 4.78. The predicted octanol–water partition coefficient (Wildman–Crippen LogP) is 2.57. The Labute approximate surface area is 155 Å². The van der Waals surface area contributed by atoms with Crippen LogP contribution < -0.4 is 24.8 Å². The van der Waals surface area contributed by atoms with Gasteiger partial charge < -0.3 is 24.8 Å². The van der Waals surface area contributed by atoms with Crippen molar-refractivity contribution in [3.8, 4) is 17.2 Å². The van der Waals surface area contributed by atoms with Crippen LogP contribution in [0.1, 0.15) is 12.5 Å². The molecule has 1 rings (SSSR count). The highest BCUT2D eigenvalue weighted by Gasteiger charge is 2.12. The fourth-order valence-electron chi connectivity index (χ4n) is 1.91. The number of nitrogens with zero attached hydrogens (tertiary/aromatic N) is 1. The van der Waals surface area contributed by atoms with Gasteiger partial charge in [0, 0.05) is 13.1 Å². The van der Waals surface area contributed by atoms with Crippen LogP contribution in [0.25, 0.3) is 0 Å². The molecular formula is C16H26IN3O3. The summed E-state index contributed by atoms with van der Waals surface area (Å²) in [5.74, 6) is 2.55. The molecule has 0 heterocycles. The van der Waals surface area contributed by atoms with Crippen molar-refractivity contribution in [3.63, 3.8) is 0 Å². The van der Waals surface area contributed by atoms with Gasteiger partial charge in [0.2, 0.25) is 5.75 Å². The summed E-state index contributed by atoms with van der Waals surface area (Å²) >= 11 is 0. The Bertz CT molecular complexity index is 496. The first-order valence-electron chi connectivity index (χ1n) is 7.12. The van der Waals surface area contributed by atoms with E-state index in [0.717, 1.165) is 18.1 Å². The van der Waals surface area contributed by atoms with E-state index in [-0.39, 0.29) is 24.0 Å². The Morgan fingerprint density at radius 1 is 1.13 bits per heavy atom. The number of hydrogen-bond acceptors (Lipinski definition) is 4. The number of halogens is 1. The lowest BCUT2D eigenvalue weighted by molar-refractivity contribution is 0.324. The lowest BCUT2D eigenvalue weighted by atomic mass is 10.2. The summed E-state index contributed by atoms with van der Waals surface area (Å²) in [4.78, 5) is 4.52. The van der Waals surface area contributed by atoms with Gasteiger partial charge in [0.05, 0.1) is 27.9 Å². The summed E-state index contributed by atoms with van der Waals surface area (Å²) in [5, 5.41) is 6.33. The molecule has 0 unspecified atom stereocenters. The second kappa shape index (κ2) is 11.9. The van der Waals surface area contributed by atoms with Crippen molar-refractivity contribution >= 4 is 29.9 Å². The second-order valence-electron chi connectivity index (χ2n) is 4.40. The third kappa shape index (κ3) is 6.55. The molecule has 0 fully saturated rings. The van der Waals surface area contributed by atoms with Gasteiger partial charge in [0.1, 0.15) is 0 Å². The van der Waals surface area contributed by atoms with E-state index in [1.54, 1.807) is 27.4 Å². The molecule has 0 saturated carbocycles. The number of methoxy groups -OCH3 is 3. The van der Waals surface area contributed by atoms with Crippen molar-refractivity contribution in [2.75, 3.05) is 34.4 Å². The van der Waals surface area contributed by atoms with Crippen LogP contribution in [0.5, 0.6) is 17.2 Å². The highest BCUT2D eigenvalue weighted by atomic mass is 127. The molecule has 23 heavy (non-hydrogen) atoms. The third-order valence-corrected chi connectivity index (χ3v) is 2.90. The van der Waals surface area contributed by atoms with Crippen LogP contribution in [0.4, 0.5) is 0 Å². The van der Waals surface area contributed by atoms with E-state index < -0.39 is 0 Å². The zero-order valence-corrected chi connectivity index (χ0v) is 16.5. The largest absolute Gasteiger partial charge is 0.493 e. The predicted molar refractivity (Wildman–Crippen MR) is 105 cm³/mol. The van der Waals surface area contributed by atoms with Gasteiger partial charge in [-0.3, -0.25) is 0 Å². The summed E-state index contributed by atoms with van der Waals surface area (Å²) in [5.41, 5.74) is 0.963. The van der Waals surface area contributed by atoms with Crippen molar-refractivity contribution in [1.29, 1.82) is 0 Å². The number of rotatable bonds is 8. The molecule has 0 aliphatic heterocycles. The van der Waals surface area contributed by atoms with E-state index in [0.29, 0.717) is 30.3 Å². The molecule has 0 radical (unpaired) electrons. The molecule has 0 spiro atoms. The maximum absolute atomic E-state index is 5.34. The molecule has 6 nitrogen and oxygen atoms in total. The van der Waals surface area contributed by atoms with Crippen LogP contribution in [0.15, 0.2) is 29.8 Å². The van der Waals surface area contributed by atoms with Crippen molar-refractivity contribution in [3.05, 3.63) is 30.4 Å². The number of nitrogens with one attached hydrogen (secondary N) is 2. The van der Waals surface area contributed by atoms with E-state index >= 15 is 0 Å². The molecule has 0 amide bonds. The Morgan fingerprint density at radius 3 is 2.17 bits per heavy atom. The molecule has 0 atom stereocenters. The van der Waals surface area contributed by atoms with Gasteiger partial charge in [-0.05, 0) is 24.6 Å². The third-order valence-electron chi connectivity index (χ3n) is 2.90. The van der Waals surface area contributed by atoms with Gasteiger partial charge in [-0.25, -0.2) is 4.99 Å². The first-order chi connectivity index (χ1) is 10.7. The molecule has 0 aliphatic rings. The second-order valence-corrected chi connectivity index (χ2v) is 4.40. The minimum absolute atomic E-state index is 0. The van der Waals surface area contributed by atoms with Crippen LogP contribution >= 0.6 is 24.0 Å². The minimum atomic E-state index is 0. The molecular weight excluding hydrogens is 409 g/mol. The van der Waals surface area contributed by atoms with Crippen molar-refractivity contribution in [1.82, 2.24) is 10.6 Å². The molecule has 2 N–H and O–H groups in total. The van der Waals surface area contributed by atoms with E-state index in [1.165, 1.54) is 0 Å². The van der Waals surface area contributed by atoms with Crippen LogP contribution in [0.2, 0.25) is 0 Å². The van der Waals surface area contributed by atoms with Crippen LogP contribution in [-0.2, 0) is 6.54 Å². The van der Waals surface area contributed by atoms with Crippen LogP contribution in [0.3, 0.4) is 0 Å². The molecule has 0 saturated heterocycles. The van der Waals surface area contributed by atoms with Gasteiger partial charge in [0.25, 0.3) is 0 Å². The molecule has 0 aliphatic carbocycles. The SMILES string of the molecule is C=CCNC(=NCc1cc(OC)c(OC)c(OC)c1)NCC.I. The van der Waals surface area contributed by atoms with Gasteiger partial charge in [-0.15, -0.1) is 30.6 Å². The lowest BCUT2D eigenvalue weighted by Crippen LogP contribution is -2.37. The monoisotopic (exact) mass is 435 g/mol. The van der Waals surface area contributed by atoms with Gasteiger partial charge in [0.15, 0.2) is 17.5 Å². The quantitative estimate of drug-likeness (QED) is 0.285. The molecule has 1 aromatic rings. The Hall–Kier alpha value is -1.64. The van der Waals surface area contributed by atoms with Crippen molar-refractivity contribution in [2.45, 2.75) is 13.5 Å². The molecule has 0 bridgehead atoms. The summed E-state index contributed by atoms with van der Waals surface area (Å²) in [6.07, 6.45) is 1.78. The number of aliphatic imine (C=N–C) groups is 1. The first-order valence-corrected chi connectivity index (χ1v) is 7.12. The Balaban J connectivity index is 0.00000484.